The first-order valence-corrected chi connectivity index (χ1v) is 6.24. The number of halogens is 2. The smallest absolute Gasteiger partial charge is 0.170 e. The topological polar surface area (TPSA) is 34.9 Å². The summed E-state index contributed by atoms with van der Waals surface area (Å²) in [4.78, 5) is 12.1. The molecule has 0 saturated heterocycles. The molecule has 0 unspecified atom stereocenters. The normalized spacial score (nSPS) is 10.7. The van der Waals surface area contributed by atoms with Crippen LogP contribution in [0.2, 0.25) is 0 Å². The van der Waals surface area contributed by atoms with Crippen molar-refractivity contribution in [2.75, 3.05) is 0 Å². The number of hydrogen-bond acceptors (Lipinski definition) is 2. The summed E-state index contributed by atoms with van der Waals surface area (Å²) in [6.45, 7) is 1.85. The van der Waals surface area contributed by atoms with E-state index in [4.69, 9.17) is 0 Å². The van der Waals surface area contributed by atoms with E-state index in [0.29, 0.717) is 10.0 Å². The predicted octanol–water partition coefficient (Wildman–Crippen LogP) is 3.06. The molecule has 0 fully saturated rings. The molecule has 2 aromatic rings. The molecule has 5 heteroatoms. The second-order valence-corrected chi connectivity index (χ2v) is 4.96. The molecule has 0 aliphatic heterocycles. The summed E-state index contributed by atoms with van der Waals surface area (Å²) >= 11 is 3.26. The third-order valence-electron chi connectivity index (χ3n) is 2.90. The standard InChI is InChI=1S/C13H12BrFN2O/c1-8-11(7-16-17(8)2)13(18)5-9-3-4-10(15)6-12(9)14/h3-4,6-7H,5H2,1-2H3. The molecule has 0 amide bonds. The van der Waals surface area contributed by atoms with E-state index in [1.54, 1.807) is 24.0 Å². The maximum atomic E-state index is 12.9. The van der Waals surface area contributed by atoms with Crippen LogP contribution in [0, 0.1) is 12.7 Å². The Balaban J connectivity index is 2.24. The number of hydrogen-bond donors (Lipinski definition) is 0. The van der Waals surface area contributed by atoms with Gasteiger partial charge in [-0.1, -0.05) is 22.0 Å². The van der Waals surface area contributed by atoms with Gasteiger partial charge in [0.25, 0.3) is 0 Å². The van der Waals surface area contributed by atoms with Gasteiger partial charge in [0.05, 0.1) is 11.8 Å². The number of aryl methyl sites for hydroxylation is 1. The Morgan fingerprint density at radius 1 is 1.50 bits per heavy atom. The first kappa shape index (κ1) is 13.0. The van der Waals surface area contributed by atoms with Gasteiger partial charge in [-0.3, -0.25) is 9.48 Å². The number of aromatic nitrogens is 2. The van der Waals surface area contributed by atoms with Crippen molar-refractivity contribution >= 4 is 21.7 Å². The van der Waals surface area contributed by atoms with Gasteiger partial charge in [-0.25, -0.2) is 4.39 Å². The van der Waals surface area contributed by atoms with E-state index in [0.717, 1.165) is 11.3 Å². The molecule has 0 N–H and O–H groups in total. The summed E-state index contributed by atoms with van der Waals surface area (Å²) in [6.07, 6.45) is 1.79. The van der Waals surface area contributed by atoms with Crippen molar-refractivity contribution in [3.8, 4) is 0 Å². The molecule has 0 aliphatic rings. The SMILES string of the molecule is Cc1c(C(=O)Cc2ccc(F)cc2Br)cnn1C. The van der Waals surface area contributed by atoms with Crippen LogP contribution in [-0.4, -0.2) is 15.6 Å². The van der Waals surface area contributed by atoms with Crippen LogP contribution in [0.25, 0.3) is 0 Å². The van der Waals surface area contributed by atoms with Crippen LogP contribution < -0.4 is 0 Å². The van der Waals surface area contributed by atoms with E-state index in [-0.39, 0.29) is 18.0 Å². The average Bonchev–Trinajstić information content (AvgIpc) is 2.64. The van der Waals surface area contributed by atoms with Gasteiger partial charge in [-0.2, -0.15) is 5.10 Å². The average molecular weight is 311 g/mol. The van der Waals surface area contributed by atoms with E-state index >= 15 is 0 Å². The zero-order valence-electron chi connectivity index (χ0n) is 10.1. The van der Waals surface area contributed by atoms with Gasteiger partial charge in [0.15, 0.2) is 5.78 Å². The minimum Gasteiger partial charge on any atom is -0.294 e. The van der Waals surface area contributed by atoms with Gasteiger partial charge in [0, 0.05) is 23.6 Å². The molecule has 3 nitrogen and oxygen atoms in total. The van der Waals surface area contributed by atoms with Crippen LogP contribution in [0.15, 0.2) is 28.9 Å². The molecule has 0 atom stereocenters. The highest BCUT2D eigenvalue weighted by Crippen LogP contribution is 2.20. The number of benzene rings is 1. The fourth-order valence-corrected chi connectivity index (χ4v) is 2.20. The zero-order chi connectivity index (χ0) is 13.3. The molecule has 0 spiro atoms. The molecule has 2 rings (SSSR count). The number of carbonyl (C=O) groups excluding carboxylic acids is 1. The van der Waals surface area contributed by atoms with Crippen molar-refractivity contribution in [2.24, 2.45) is 7.05 Å². The number of ketones is 1. The maximum Gasteiger partial charge on any atom is 0.170 e. The fourth-order valence-electron chi connectivity index (χ4n) is 1.71. The summed E-state index contributed by atoms with van der Waals surface area (Å²) in [5, 5.41) is 4.04. The monoisotopic (exact) mass is 310 g/mol. The Morgan fingerprint density at radius 3 is 2.78 bits per heavy atom. The first-order chi connectivity index (χ1) is 8.49. The molecule has 1 aromatic heterocycles. The Labute approximate surface area is 113 Å². The number of Topliss-reactive ketones (excluding diaryl/α,β-unsaturated/α-hetero) is 1. The third kappa shape index (κ3) is 2.51. The Hall–Kier alpha value is -1.49. The Bertz CT molecular complexity index is 607. The van der Waals surface area contributed by atoms with Crippen molar-refractivity contribution in [3.63, 3.8) is 0 Å². The molecular formula is C13H12BrFN2O. The Kier molecular flexibility index (Phi) is 3.61. The summed E-state index contributed by atoms with van der Waals surface area (Å²) in [5.41, 5.74) is 2.21. The molecule has 0 saturated carbocycles. The minimum absolute atomic E-state index is 0.0205. The van der Waals surface area contributed by atoms with E-state index in [1.165, 1.54) is 12.1 Å². The second kappa shape index (κ2) is 5.02. The van der Waals surface area contributed by atoms with Crippen molar-refractivity contribution in [1.29, 1.82) is 0 Å². The summed E-state index contributed by atoms with van der Waals surface area (Å²) in [6, 6.07) is 4.32. The lowest BCUT2D eigenvalue weighted by atomic mass is 10.0. The lowest BCUT2D eigenvalue weighted by Gasteiger charge is -2.04. The maximum absolute atomic E-state index is 12.9. The van der Waals surface area contributed by atoms with Gasteiger partial charge >= 0.3 is 0 Å². The molecule has 0 bridgehead atoms. The molecule has 18 heavy (non-hydrogen) atoms. The Morgan fingerprint density at radius 2 is 2.22 bits per heavy atom. The molecular weight excluding hydrogens is 299 g/mol. The highest BCUT2D eigenvalue weighted by Gasteiger charge is 2.14. The van der Waals surface area contributed by atoms with Crippen LogP contribution in [0.5, 0.6) is 0 Å². The number of nitrogens with zero attached hydrogens (tertiary/aromatic N) is 2. The van der Waals surface area contributed by atoms with Gasteiger partial charge in [-0.05, 0) is 24.6 Å². The quantitative estimate of drug-likeness (QED) is 0.817. The van der Waals surface area contributed by atoms with Crippen LogP contribution in [0.3, 0.4) is 0 Å². The summed E-state index contributed by atoms with van der Waals surface area (Å²) < 4.78 is 15.2. The fraction of sp³-hybridized carbons (Fsp3) is 0.231. The van der Waals surface area contributed by atoms with Gasteiger partial charge in [0.1, 0.15) is 5.82 Å². The molecule has 1 heterocycles. The van der Waals surface area contributed by atoms with E-state index < -0.39 is 0 Å². The van der Waals surface area contributed by atoms with Crippen LogP contribution in [-0.2, 0) is 13.5 Å². The van der Waals surface area contributed by atoms with Gasteiger partial charge < -0.3 is 0 Å². The van der Waals surface area contributed by atoms with Crippen LogP contribution in [0.4, 0.5) is 4.39 Å². The van der Waals surface area contributed by atoms with E-state index in [2.05, 4.69) is 21.0 Å². The van der Waals surface area contributed by atoms with Crippen molar-refractivity contribution in [3.05, 3.63) is 51.5 Å². The lowest BCUT2D eigenvalue weighted by molar-refractivity contribution is 0.0992. The number of carbonyl (C=O) groups is 1. The number of rotatable bonds is 3. The largest absolute Gasteiger partial charge is 0.294 e. The molecule has 0 aliphatic carbocycles. The van der Waals surface area contributed by atoms with Crippen molar-refractivity contribution in [1.82, 2.24) is 9.78 Å². The molecule has 1 aromatic carbocycles. The van der Waals surface area contributed by atoms with Crippen LogP contribution >= 0.6 is 15.9 Å². The zero-order valence-corrected chi connectivity index (χ0v) is 11.7. The summed E-state index contributed by atoms with van der Waals surface area (Å²) in [5.74, 6) is -0.344. The van der Waals surface area contributed by atoms with Gasteiger partial charge in [-0.15, -0.1) is 0 Å². The molecule has 94 valence electrons. The van der Waals surface area contributed by atoms with Crippen LogP contribution in [0.1, 0.15) is 21.6 Å². The third-order valence-corrected chi connectivity index (χ3v) is 3.64. The van der Waals surface area contributed by atoms with Crippen molar-refractivity contribution in [2.45, 2.75) is 13.3 Å². The lowest BCUT2D eigenvalue weighted by Crippen LogP contribution is -2.06. The minimum atomic E-state index is -0.323. The van der Waals surface area contributed by atoms with Crippen molar-refractivity contribution < 1.29 is 9.18 Å². The highest BCUT2D eigenvalue weighted by atomic mass is 79.9. The first-order valence-electron chi connectivity index (χ1n) is 5.44. The predicted molar refractivity (Wildman–Crippen MR) is 70.1 cm³/mol. The van der Waals surface area contributed by atoms with E-state index in [1.807, 2.05) is 6.92 Å². The highest BCUT2D eigenvalue weighted by molar-refractivity contribution is 9.10. The van der Waals surface area contributed by atoms with Gasteiger partial charge in [0.2, 0.25) is 0 Å². The van der Waals surface area contributed by atoms with E-state index in [9.17, 15) is 9.18 Å². The second-order valence-electron chi connectivity index (χ2n) is 4.10. The molecule has 0 radical (unpaired) electrons. The summed E-state index contributed by atoms with van der Waals surface area (Å²) in [7, 11) is 1.79.